The maximum absolute atomic E-state index is 10.8. The van der Waals surface area contributed by atoms with Crippen LogP contribution in [0.2, 0.25) is 0 Å². The van der Waals surface area contributed by atoms with Gasteiger partial charge in [-0.2, -0.15) is 8.42 Å². The van der Waals surface area contributed by atoms with Gasteiger partial charge in [-0.05, 0) is 37.5 Å². The summed E-state index contributed by atoms with van der Waals surface area (Å²) in [4.78, 5) is 0. The van der Waals surface area contributed by atoms with Crippen LogP contribution in [0, 0.1) is 11.8 Å². The van der Waals surface area contributed by atoms with Crippen LogP contribution < -0.4 is 0 Å². The number of hydrogen-bond donors (Lipinski definition) is 0. The summed E-state index contributed by atoms with van der Waals surface area (Å²) in [5.41, 5.74) is 0. The van der Waals surface area contributed by atoms with Crippen LogP contribution in [0.25, 0.3) is 0 Å². The van der Waals surface area contributed by atoms with Crippen LogP contribution in [0.4, 0.5) is 0 Å². The van der Waals surface area contributed by atoms with Crippen molar-refractivity contribution in [1.29, 1.82) is 0 Å². The van der Waals surface area contributed by atoms with E-state index in [1.165, 1.54) is 12.8 Å². The van der Waals surface area contributed by atoms with Gasteiger partial charge in [-0.1, -0.05) is 0 Å². The van der Waals surface area contributed by atoms with Crippen LogP contribution in [-0.2, 0) is 14.3 Å². The van der Waals surface area contributed by atoms with Crippen molar-refractivity contribution in [1.82, 2.24) is 0 Å². The van der Waals surface area contributed by atoms with Crippen molar-refractivity contribution in [2.45, 2.75) is 31.8 Å². The van der Waals surface area contributed by atoms with Gasteiger partial charge in [-0.25, -0.2) is 0 Å². The van der Waals surface area contributed by atoms with Gasteiger partial charge in [-0.3, -0.25) is 4.18 Å². The van der Waals surface area contributed by atoms with E-state index < -0.39 is 10.1 Å². The molecule has 2 bridgehead atoms. The van der Waals surface area contributed by atoms with Crippen LogP contribution in [0.5, 0.6) is 0 Å². The third-order valence-corrected chi connectivity index (χ3v) is 3.57. The molecular formula is C8H14O3S. The Morgan fingerprint density at radius 2 is 2.00 bits per heavy atom. The predicted molar refractivity (Wildman–Crippen MR) is 45.2 cm³/mol. The van der Waals surface area contributed by atoms with E-state index in [1.54, 1.807) is 0 Å². The average molecular weight is 190 g/mol. The molecular weight excluding hydrogens is 176 g/mol. The molecule has 2 aliphatic rings. The zero-order chi connectivity index (χ0) is 8.77. The minimum Gasteiger partial charge on any atom is -0.267 e. The highest BCUT2D eigenvalue weighted by Gasteiger charge is 2.41. The molecule has 0 unspecified atom stereocenters. The summed E-state index contributed by atoms with van der Waals surface area (Å²) in [5, 5.41) is 0. The second-order valence-electron chi connectivity index (χ2n) is 4.01. The van der Waals surface area contributed by atoms with E-state index >= 15 is 0 Å². The lowest BCUT2D eigenvalue weighted by Crippen LogP contribution is -2.23. The lowest BCUT2D eigenvalue weighted by atomic mass is 9.98. The zero-order valence-electron chi connectivity index (χ0n) is 7.19. The lowest BCUT2D eigenvalue weighted by Gasteiger charge is -2.20. The highest BCUT2D eigenvalue weighted by molar-refractivity contribution is 7.86. The molecule has 70 valence electrons. The van der Waals surface area contributed by atoms with Crippen molar-refractivity contribution in [3.8, 4) is 0 Å². The molecule has 0 spiro atoms. The second kappa shape index (κ2) is 2.70. The topological polar surface area (TPSA) is 43.4 Å². The van der Waals surface area contributed by atoms with E-state index in [2.05, 4.69) is 0 Å². The first-order valence-electron chi connectivity index (χ1n) is 4.43. The molecule has 0 aromatic heterocycles. The Balaban J connectivity index is 2.00. The Kier molecular flexibility index (Phi) is 1.92. The molecule has 2 rings (SSSR count). The van der Waals surface area contributed by atoms with E-state index in [4.69, 9.17) is 4.18 Å². The van der Waals surface area contributed by atoms with Gasteiger partial charge in [0.2, 0.25) is 0 Å². The fraction of sp³-hybridized carbons (Fsp3) is 1.00. The summed E-state index contributed by atoms with van der Waals surface area (Å²) in [5.74, 6) is 1.26. The molecule has 2 saturated carbocycles. The molecule has 3 nitrogen and oxygen atoms in total. The molecule has 2 aliphatic carbocycles. The molecule has 0 amide bonds. The van der Waals surface area contributed by atoms with Crippen LogP contribution in [-0.4, -0.2) is 20.8 Å². The zero-order valence-corrected chi connectivity index (χ0v) is 8.01. The van der Waals surface area contributed by atoms with E-state index in [0.29, 0.717) is 5.92 Å². The SMILES string of the molecule is CS(=O)(=O)O[C@H]1C[C@H]2CC[C@@H]1C2. The van der Waals surface area contributed by atoms with Gasteiger partial charge < -0.3 is 0 Å². The normalized spacial score (nSPS) is 40.6. The molecule has 3 atom stereocenters. The molecule has 0 heterocycles. The van der Waals surface area contributed by atoms with Gasteiger partial charge in [0.25, 0.3) is 10.1 Å². The van der Waals surface area contributed by atoms with Gasteiger partial charge in [0, 0.05) is 0 Å². The molecule has 0 aliphatic heterocycles. The minimum absolute atomic E-state index is 0.00116. The fourth-order valence-corrected chi connectivity index (χ4v) is 3.21. The highest BCUT2D eigenvalue weighted by atomic mass is 32.2. The Hall–Kier alpha value is -0.0900. The van der Waals surface area contributed by atoms with Crippen molar-refractivity contribution in [3.63, 3.8) is 0 Å². The van der Waals surface area contributed by atoms with E-state index in [1.807, 2.05) is 0 Å². The minimum atomic E-state index is -3.23. The monoisotopic (exact) mass is 190 g/mol. The molecule has 2 fully saturated rings. The molecule has 12 heavy (non-hydrogen) atoms. The third kappa shape index (κ3) is 1.64. The van der Waals surface area contributed by atoms with Crippen LogP contribution >= 0.6 is 0 Å². The Labute approximate surface area is 73.2 Å². The molecule has 0 N–H and O–H groups in total. The molecule has 0 saturated heterocycles. The Morgan fingerprint density at radius 1 is 1.25 bits per heavy atom. The summed E-state index contributed by atoms with van der Waals surface area (Å²) in [6.45, 7) is 0. The standard InChI is InChI=1S/C8H14O3S/c1-12(9,10)11-8-5-6-2-3-7(8)4-6/h6-8H,2-5H2,1H3/t6-,7+,8-/m0/s1. The number of hydrogen-bond acceptors (Lipinski definition) is 3. The van der Waals surface area contributed by atoms with Crippen molar-refractivity contribution < 1.29 is 12.6 Å². The van der Waals surface area contributed by atoms with Gasteiger partial charge in [0.1, 0.15) is 0 Å². The largest absolute Gasteiger partial charge is 0.267 e. The van der Waals surface area contributed by atoms with Gasteiger partial charge in [0.15, 0.2) is 0 Å². The van der Waals surface area contributed by atoms with Crippen LogP contribution in [0.3, 0.4) is 0 Å². The smallest absolute Gasteiger partial charge is 0.264 e. The van der Waals surface area contributed by atoms with E-state index in [9.17, 15) is 8.42 Å². The van der Waals surface area contributed by atoms with Crippen LogP contribution in [0.1, 0.15) is 25.7 Å². The number of fused-ring (bicyclic) bond motifs is 2. The Morgan fingerprint density at radius 3 is 2.42 bits per heavy atom. The molecule has 0 radical (unpaired) electrons. The quantitative estimate of drug-likeness (QED) is 0.613. The van der Waals surface area contributed by atoms with Crippen molar-refractivity contribution in [3.05, 3.63) is 0 Å². The van der Waals surface area contributed by atoms with Gasteiger partial charge in [0.05, 0.1) is 12.4 Å². The summed E-state index contributed by atoms with van der Waals surface area (Å²) in [6, 6.07) is 0. The summed E-state index contributed by atoms with van der Waals surface area (Å²) in [7, 11) is -3.23. The van der Waals surface area contributed by atoms with Crippen molar-refractivity contribution in [2.75, 3.05) is 6.26 Å². The van der Waals surface area contributed by atoms with E-state index in [-0.39, 0.29) is 6.10 Å². The molecule has 4 heteroatoms. The van der Waals surface area contributed by atoms with Gasteiger partial charge in [-0.15, -0.1) is 0 Å². The van der Waals surface area contributed by atoms with Crippen LogP contribution in [0.15, 0.2) is 0 Å². The number of rotatable bonds is 2. The first-order valence-corrected chi connectivity index (χ1v) is 6.24. The first-order chi connectivity index (χ1) is 5.54. The average Bonchev–Trinajstić information content (AvgIpc) is 2.42. The second-order valence-corrected chi connectivity index (χ2v) is 5.61. The predicted octanol–water partition coefficient (Wildman–Crippen LogP) is 1.15. The van der Waals surface area contributed by atoms with Crippen molar-refractivity contribution >= 4 is 10.1 Å². The maximum Gasteiger partial charge on any atom is 0.264 e. The van der Waals surface area contributed by atoms with Crippen molar-refractivity contribution in [2.24, 2.45) is 11.8 Å². The van der Waals surface area contributed by atoms with E-state index in [0.717, 1.165) is 25.0 Å². The fourth-order valence-electron chi connectivity index (χ4n) is 2.53. The molecule has 0 aromatic rings. The molecule has 0 aromatic carbocycles. The highest BCUT2D eigenvalue weighted by Crippen LogP contribution is 2.46. The summed E-state index contributed by atoms with van der Waals surface area (Å²) >= 11 is 0. The summed E-state index contributed by atoms with van der Waals surface area (Å²) in [6.07, 6.45) is 5.70. The Bertz CT molecular complexity index is 270. The van der Waals surface area contributed by atoms with Gasteiger partial charge >= 0.3 is 0 Å². The lowest BCUT2D eigenvalue weighted by molar-refractivity contribution is 0.147. The maximum atomic E-state index is 10.8. The third-order valence-electron chi connectivity index (χ3n) is 2.97. The first kappa shape index (κ1) is 8.51. The summed E-state index contributed by atoms with van der Waals surface area (Å²) < 4.78 is 26.7.